The molecule has 0 aliphatic rings. The molecule has 0 aromatic heterocycles. The number of non-ortho nitro benzene ring substituents is 1. The Morgan fingerprint density at radius 2 is 1.73 bits per heavy atom. The van der Waals surface area contributed by atoms with Gasteiger partial charge in [0.25, 0.3) is 5.69 Å². The summed E-state index contributed by atoms with van der Waals surface area (Å²) in [6, 6.07) is 16.9. The van der Waals surface area contributed by atoms with Crippen LogP contribution in [0.1, 0.15) is 30.9 Å². The molecule has 37 heavy (non-hydrogen) atoms. The van der Waals surface area contributed by atoms with Crippen LogP contribution < -0.4 is 20.2 Å². The van der Waals surface area contributed by atoms with E-state index in [1.165, 1.54) is 36.5 Å². The fourth-order valence-electron chi connectivity index (χ4n) is 3.10. The number of rotatable bonds is 12. The van der Waals surface area contributed by atoms with Crippen molar-refractivity contribution >= 4 is 29.4 Å². The molecule has 0 fully saturated rings. The lowest BCUT2D eigenvalue weighted by Gasteiger charge is -2.12. The Balaban J connectivity index is 1.50. The topological polar surface area (TPSA) is 132 Å². The first-order valence-electron chi connectivity index (χ1n) is 11.3. The minimum absolute atomic E-state index is 0.000303. The van der Waals surface area contributed by atoms with Crippen molar-refractivity contribution < 1.29 is 28.4 Å². The summed E-state index contributed by atoms with van der Waals surface area (Å²) in [5, 5.41) is 17.1. The number of benzene rings is 3. The number of nitro groups is 1. The van der Waals surface area contributed by atoms with Crippen LogP contribution in [0.25, 0.3) is 0 Å². The number of nitrogens with one attached hydrogen (secondary N) is 2. The Morgan fingerprint density at radius 1 is 1.00 bits per heavy atom. The van der Waals surface area contributed by atoms with E-state index in [9.17, 15) is 24.1 Å². The average molecular weight is 509 g/mol. The molecule has 10 nitrogen and oxygen atoms in total. The molecule has 0 aliphatic heterocycles. The predicted molar refractivity (Wildman–Crippen MR) is 135 cm³/mol. The highest BCUT2D eigenvalue weighted by Gasteiger charge is 2.10. The molecule has 0 unspecified atom stereocenters. The zero-order valence-electron chi connectivity index (χ0n) is 20.0. The van der Waals surface area contributed by atoms with Crippen molar-refractivity contribution in [3.63, 3.8) is 0 Å². The summed E-state index contributed by atoms with van der Waals surface area (Å²) in [5.41, 5.74) is 3.78. The van der Waals surface area contributed by atoms with Crippen molar-refractivity contribution in [3.05, 3.63) is 93.8 Å². The fraction of sp³-hybridized carbons (Fsp3) is 0.192. The first kappa shape index (κ1) is 26.8. The highest BCUT2D eigenvalue weighted by molar-refractivity contribution is 5.93. The second-order valence-electron chi connectivity index (χ2n) is 7.67. The molecule has 2 N–H and O–H groups in total. The highest BCUT2D eigenvalue weighted by Crippen LogP contribution is 2.29. The maximum absolute atomic E-state index is 13.6. The van der Waals surface area contributed by atoms with Gasteiger partial charge in [-0.25, -0.2) is 9.82 Å². The molecule has 0 atom stereocenters. The van der Waals surface area contributed by atoms with Crippen LogP contribution in [0.15, 0.2) is 71.8 Å². The van der Waals surface area contributed by atoms with Crippen molar-refractivity contribution in [1.82, 2.24) is 5.43 Å². The summed E-state index contributed by atoms with van der Waals surface area (Å²) in [4.78, 5) is 34.2. The van der Waals surface area contributed by atoms with Gasteiger partial charge in [0.1, 0.15) is 12.4 Å². The van der Waals surface area contributed by atoms with Gasteiger partial charge in [0.2, 0.25) is 11.8 Å². The Morgan fingerprint density at radius 3 is 2.43 bits per heavy atom. The summed E-state index contributed by atoms with van der Waals surface area (Å²) in [7, 11) is 0. The van der Waals surface area contributed by atoms with Crippen LogP contribution in [0.4, 0.5) is 15.8 Å². The first-order chi connectivity index (χ1) is 17.9. The molecule has 192 valence electrons. The maximum atomic E-state index is 13.6. The largest absolute Gasteiger partial charge is 0.490 e. The molecule has 3 aromatic rings. The smallest absolute Gasteiger partial charge is 0.269 e. The van der Waals surface area contributed by atoms with Crippen LogP contribution in [0.3, 0.4) is 0 Å². The summed E-state index contributed by atoms with van der Waals surface area (Å²) in [6.07, 6.45) is 1.15. The van der Waals surface area contributed by atoms with E-state index < -0.39 is 22.6 Å². The van der Waals surface area contributed by atoms with Gasteiger partial charge in [-0.05, 0) is 60.5 Å². The molecule has 11 heteroatoms. The lowest BCUT2D eigenvalue weighted by Crippen LogP contribution is -2.21. The third-order valence-corrected chi connectivity index (χ3v) is 4.94. The van der Waals surface area contributed by atoms with Gasteiger partial charge in [0.05, 0.1) is 23.4 Å². The van der Waals surface area contributed by atoms with Gasteiger partial charge in [0.15, 0.2) is 11.5 Å². The summed E-state index contributed by atoms with van der Waals surface area (Å²) < 4.78 is 25.0. The second-order valence-corrected chi connectivity index (χ2v) is 7.67. The van der Waals surface area contributed by atoms with Gasteiger partial charge in [-0.2, -0.15) is 5.10 Å². The number of carbonyl (C=O) groups is 2. The summed E-state index contributed by atoms with van der Waals surface area (Å²) in [6.45, 7) is 2.40. The molecule has 0 spiro atoms. The SMILES string of the molecule is CCOc1cc(C=NNC(=O)CCC(=O)Nc2ccccc2F)ccc1OCc1ccc([N+](=O)[O-])cc1. The highest BCUT2D eigenvalue weighted by atomic mass is 19.1. The van der Waals surface area contributed by atoms with Gasteiger partial charge in [-0.3, -0.25) is 19.7 Å². The molecule has 3 aromatic carbocycles. The number of hydrogen-bond donors (Lipinski definition) is 2. The van der Waals surface area contributed by atoms with E-state index in [4.69, 9.17) is 9.47 Å². The molecule has 0 bridgehead atoms. The van der Waals surface area contributed by atoms with Gasteiger partial charge in [0, 0.05) is 25.0 Å². The van der Waals surface area contributed by atoms with E-state index in [2.05, 4.69) is 15.8 Å². The molecule has 0 heterocycles. The number of halogens is 1. The van der Waals surface area contributed by atoms with Crippen molar-refractivity contribution in [2.24, 2.45) is 5.10 Å². The van der Waals surface area contributed by atoms with Gasteiger partial charge >= 0.3 is 0 Å². The third-order valence-electron chi connectivity index (χ3n) is 4.94. The van der Waals surface area contributed by atoms with Crippen LogP contribution in [0.5, 0.6) is 11.5 Å². The Labute approximate surface area is 212 Å². The van der Waals surface area contributed by atoms with Crippen LogP contribution in [0.2, 0.25) is 0 Å². The lowest BCUT2D eigenvalue weighted by molar-refractivity contribution is -0.384. The van der Waals surface area contributed by atoms with Crippen molar-refractivity contribution in [1.29, 1.82) is 0 Å². The number of para-hydroxylation sites is 1. The molecular weight excluding hydrogens is 483 g/mol. The quantitative estimate of drug-likeness (QED) is 0.209. The molecule has 0 saturated carbocycles. The van der Waals surface area contributed by atoms with Crippen LogP contribution in [-0.2, 0) is 16.2 Å². The molecule has 0 radical (unpaired) electrons. The number of hydrogen-bond acceptors (Lipinski definition) is 7. The number of anilines is 1. The minimum Gasteiger partial charge on any atom is -0.490 e. The lowest BCUT2D eigenvalue weighted by atomic mass is 10.2. The average Bonchev–Trinajstić information content (AvgIpc) is 2.89. The number of nitrogens with zero attached hydrogens (tertiary/aromatic N) is 2. The van der Waals surface area contributed by atoms with Gasteiger partial charge in [-0.15, -0.1) is 0 Å². The minimum atomic E-state index is -0.556. The van der Waals surface area contributed by atoms with E-state index in [-0.39, 0.29) is 30.8 Å². The number of carbonyl (C=O) groups excluding carboxylic acids is 2. The van der Waals surface area contributed by atoms with Gasteiger partial charge in [-0.1, -0.05) is 12.1 Å². The van der Waals surface area contributed by atoms with E-state index in [0.29, 0.717) is 23.7 Å². The number of ether oxygens (including phenoxy) is 2. The fourth-order valence-corrected chi connectivity index (χ4v) is 3.10. The Bertz CT molecular complexity index is 1280. The van der Waals surface area contributed by atoms with Crippen LogP contribution in [-0.4, -0.2) is 29.6 Å². The maximum Gasteiger partial charge on any atom is 0.269 e. The molecule has 3 rings (SSSR count). The number of nitro benzene ring substituents is 1. The monoisotopic (exact) mass is 508 g/mol. The van der Waals surface area contributed by atoms with E-state index >= 15 is 0 Å². The first-order valence-corrected chi connectivity index (χ1v) is 11.3. The van der Waals surface area contributed by atoms with Crippen molar-refractivity contribution in [2.75, 3.05) is 11.9 Å². The van der Waals surface area contributed by atoms with Crippen molar-refractivity contribution in [2.45, 2.75) is 26.4 Å². The predicted octanol–water partition coefficient (Wildman–Crippen LogP) is 4.58. The zero-order valence-corrected chi connectivity index (χ0v) is 20.0. The number of hydrazone groups is 1. The third kappa shape index (κ3) is 8.42. The molecular formula is C26H25FN4O6. The normalized spacial score (nSPS) is 10.6. The molecule has 0 saturated heterocycles. The standard InChI is InChI=1S/C26H25FN4O6/c1-2-36-24-15-19(9-12-23(24)37-17-18-7-10-20(11-8-18)31(34)35)16-28-30-26(33)14-13-25(32)29-22-6-4-3-5-21(22)27/h3-12,15-16H,2,13-14,17H2,1H3,(H,29,32)(H,30,33). The Hall–Kier alpha value is -4.80. The molecule has 0 aliphatic carbocycles. The Kier molecular flexibility index (Phi) is 9.66. The van der Waals surface area contributed by atoms with E-state index in [1.54, 1.807) is 36.4 Å². The second kappa shape index (κ2) is 13.3. The van der Waals surface area contributed by atoms with Crippen LogP contribution in [0, 0.1) is 15.9 Å². The summed E-state index contributed by atoms with van der Waals surface area (Å²) in [5.74, 6) is -0.589. The van der Waals surface area contributed by atoms with E-state index in [0.717, 1.165) is 5.56 Å². The molecule has 2 amide bonds. The zero-order chi connectivity index (χ0) is 26.6. The van der Waals surface area contributed by atoms with Crippen molar-refractivity contribution in [3.8, 4) is 11.5 Å². The summed E-state index contributed by atoms with van der Waals surface area (Å²) >= 11 is 0. The number of amides is 2. The van der Waals surface area contributed by atoms with E-state index in [1.807, 2.05) is 6.92 Å². The van der Waals surface area contributed by atoms with Crippen LogP contribution >= 0.6 is 0 Å². The van der Waals surface area contributed by atoms with Gasteiger partial charge < -0.3 is 14.8 Å².